The maximum atomic E-state index is 2.25. The minimum atomic E-state index is 0.284. The third kappa shape index (κ3) is 2.11. The summed E-state index contributed by atoms with van der Waals surface area (Å²) < 4.78 is 0. The lowest BCUT2D eigenvalue weighted by Gasteiger charge is -2.19. The van der Waals surface area contributed by atoms with Gasteiger partial charge in [-0.15, -0.1) is 0 Å². The molecule has 58 valence electrons. The van der Waals surface area contributed by atoms with Crippen LogP contribution in [0.3, 0.4) is 0 Å². The predicted molar refractivity (Wildman–Crippen MR) is 53.3 cm³/mol. The van der Waals surface area contributed by atoms with Gasteiger partial charge in [0.05, 0.1) is 0 Å². The van der Waals surface area contributed by atoms with Gasteiger partial charge in [-0.05, 0) is 11.0 Å². The molecular weight excluding hydrogens is 131 g/mol. The first-order valence-corrected chi connectivity index (χ1v) is 4.07. The quantitative estimate of drug-likeness (QED) is 0.483. The van der Waals surface area contributed by atoms with Gasteiger partial charge >= 0.3 is 0 Å². The molecule has 0 fully saturated rings. The molecule has 0 nitrogen and oxygen atoms in total. The van der Waals surface area contributed by atoms with Gasteiger partial charge < -0.3 is 0 Å². The summed E-state index contributed by atoms with van der Waals surface area (Å²) in [5.74, 6) is 0. The van der Waals surface area contributed by atoms with Crippen molar-refractivity contribution < 1.29 is 0 Å². The summed E-state index contributed by atoms with van der Waals surface area (Å²) >= 11 is 0. The van der Waals surface area contributed by atoms with Crippen LogP contribution in [0.5, 0.6) is 0 Å². The average molecular weight is 146 g/mol. The molecule has 0 spiro atoms. The number of benzene rings is 1. The van der Waals surface area contributed by atoms with Gasteiger partial charge in [0.15, 0.2) is 0 Å². The molecule has 0 N–H and O–H groups in total. The fourth-order valence-electron chi connectivity index (χ4n) is 1.11. The van der Waals surface area contributed by atoms with Crippen LogP contribution in [0.2, 0.25) is 0 Å². The Hall–Kier alpha value is -0.715. The Morgan fingerprint density at radius 1 is 1.18 bits per heavy atom. The largest absolute Gasteiger partial charge is 0.139 e. The maximum Gasteiger partial charge on any atom is 0.139 e. The van der Waals surface area contributed by atoms with Crippen LogP contribution in [-0.4, -0.2) is 7.85 Å². The molecule has 0 saturated carbocycles. The highest BCUT2D eigenvalue weighted by Crippen LogP contribution is 2.20. The molecule has 0 bridgehead atoms. The number of rotatable bonds is 0. The molecular formula is C10H15B. The van der Waals surface area contributed by atoms with Crippen LogP contribution in [0.4, 0.5) is 0 Å². The Labute approximate surface area is 70.0 Å². The van der Waals surface area contributed by atoms with Crippen molar-refractivity contribution in [2.24, 2.45) is 0 Å². The van der Waals surface area contributed by atoms with Crippen molar-refractivity contribution in [2.75, 3.05) is 0 Å². The van der Waals surface area contributed by atoms with E-state index < -0.39 is 0 Å². The molecule has 1 heteroatoms. The molecule has 1 aromatic carbocycles. The molecule has 0 radical (unpaired) electrons. The highest BCUT2D eigenvalue weighted by Gasteiger charge is 2.12. The van der Waals surface area contributed by atoms with E-state index >= 15 is 0 Å². The molecule has 0 saturated heterocycles. The Morgan fingerprint density at radius 2 is 1.82 bits per heavy atom. The minimum absolute atomic E-state index is 0.284. The molecule has 1 rings (SSSR count). The van der Waals surface area contributed by atoms with Crippen LogP contribution in [0.25, 0.3) is 0 Å². The first kappa shape index (κ1) is 8.38. The van der Waals surface area contributed by atoms with Crippen LogP contribution in [0, 0.1) is 0 Å². The molecule has 0 atom stereocenters. The third-order valence-corrected chi connectivity index (χ3v) is 1.88. The summed E-state index contributed by atoms with van der Waals surface area (Å²) in [4.78, 5) is 0. The molecule has 0 aromatic heterocycles. The van der Waals surface area contributed by atoms with Gasteiger partial charge in [0, 0.05) is 0 Å². The SMILES string of the molecule is Bc1cccc(C(C)(C)C)c1. The summed E-state index contributed by atoms with van der Waals surface area (Å²) in [6.45, 7) is 6.71. The van der Waals surface area contributed by atoms with Gasteiger partial charge in [0.1, 0.15) is 7.85 Å². The van der Waals surface area contributed by atoms with E-state index in [1.807, 2.05) is 0 Å². The average Bonchev–Trinajstić information content (AvgIpc) is 1.86. The van der Waals surface area contributed by atoms with Crippen LogP contribution in [-0.2, 0) is 5.41 Å². The summed E-state index contributed by atoms with van der Waals surface area (Å²) in [5.41, 5.74) is 3.04. The number of hydrogen-bond acceptors (Lipinski definition) is 0. The van der Waals surface area contributed by atoms with E-state index in [4.69, 9.17) is 0 Å². The normalized spacial score (nSPS) is 11.5. The Kier molecular flexibility index (Phi) is 2.08. The third-order valence-electron chi connectivity index (χ3n) is 1.88. The van der Waals surface area contributed by atoms with Gasteiger partial charge in [0.2, 0.25) is 0 Å². The zero-order valence-corrected chi connectivity index (χ0v) is 7.81. The Balaban J connectivity index is 3.06. The second-order valence-corrected chi connectivity index (χ2v) is 4.12. The molecule has 0 aliphatic carbocycles. The van der Waals surface area contributed by atoms with Gasteiger partial charge in [-0.2, -0.15) is 0 Å². The molecule has 0 aliphatic heterocycles. The Morgan fingerprint density at radius 3 is 2.18 bits per heavy atom. The van der Waals surface area contributed by atoms with E-state index in [1.165, 1.54) is 11.0 Å². The summed E-state index contributed by atoms with van der Waals surface area (Å²) in [6.07, 6.45) is 0. The molecule has 0 amide bonds. The van der Waals surface area contributed by atoms with E-state index in [0.29, 0.717) is 0 Å². The van der Waals surface area contributed by atoms with Gasteiger partial charge in [-0.25, -0.2) is 0 Å². The van der Waals surface area contributed by atoms with Crippen molar-refractivity contribution in [3.05, 3.63) is 29.8 Å². The topological polar surface area (TPSA) is 0 Å². The van der Waals surface area contributed by atoms with Crippen molar-refractivity contribution in [3.8, 4) is 0 Å². The van der Waals surface area contributed by atoms with Crippen molar-refractivity contribution >= 4 is 13.3 Å². The molecule has 11 heavy (non-hydrogen) atoms. The molecule has 0 aliphatic rings. The van der Waals surface area contributed by atoms with E-state index in [0.717, 1.165) is 0 Å². The van der Waals surface area contributed by atoms with Crippen molar-refractivity contribution in [3.63, 3.8) is 0 Å². The van der Waals surface area contributed by atoms with Crippen molar-refractivity contribution in [2.45, 2.75) is 26.2 Å². The van der Waals surface area contributed by atoms with Gasteiger partial charge in [-0.3, -0.25) is 0 Å². The highest BCUT2D eigenvalue weighted by atomic mass is 14.2. The minimum Gasteiger partial charge on any atom is -0.0887 e. The van der Waals surface area contributed by atoms with E-state index in [-0.39, 0.29) is 5.41 Å². The van der Waals surface area contributed by atoms with Crippen LogP contribution >= 0.6 is 0 Å². The van der Waals surface area contributed by atoms with Crippen LogP contribution < -0.4 is 5.46 Å². The van der Waals surface area contributed by atoms with E-state index in [1.54, 1.807) is 0 Å². The van der Waals surface area contributed by atoms with Crippen LogP contribution in [0.1, 0.15) is 26.3 Å². The lowest BCUT2D eigenvalue weighted by molar-refractivity contribution is 0.591. The first-order chi connectivity index (χ1) is 5.00. The lowest BCUT2D eigenvalue weighted by atomic mass is 9.83. The summed E-state index contributed by atoms with van der Waals surface area (Å²) in [6, 6.07) is 8.69. The fourth-order valence-corrected chi connectivity index (χ4v) is 1.11. The maximum absolute atomic E-state index is 2.25. The van der Waals surface area contributed by atoms with Crippen molar-refractivity contribution in [1.29, 1.82) is 0 Å². The zero-order valence-electron chi connectivity index (χ0n) is 7.81. The fraction of sp³-hybridized carbons (Fsp3) is 0.400. The predicted octanol–water partition coefficient (Wildman–Crippen LogP) is 1.24. The smallest absolute Gasteiger partial charge is 0.0887 e. The molecule has 1 aromatic rings. The standard InChI is InChI=1S/C10H15B/c1-10(2,3)8-5-4-6-9(11)7-8/h4-7H,11H2,1-3H3. The van der Waals surface area contributed by atoms with Gasteiger partial charge in [-0.1, -0.05) is 50.5 Å². The lowest BCUT2D eigenvalue weighted by Crippen LogP contribution is -2.14. The second kappa shape index (κ2) is 2.73. The van der Waals surface area contributed by atoms with Crippen molar-refractivity contribution in [1.82, 2.24) is 0 Å². The summed E-state index contributed by atoms with van der Waals surface area (Å²) in [5, 5.41) is 0. The molecule has 0 unspecified atom stereocenters. The zero-order chi connectivity index (χ0) is 8.48. The van der Waals surface area contributed by atoms with E-state index in [9.17, 15) is 0 Å². The second-order valence-electron chi connectivity index (χ2n) is 4.12. The number of hydrogen-bond donors (Lipinski definition) is 0. The first-order valence-electron chi connectivity index (χ1n) is 4.07. The van der Waals surface area contributed by atoms with Gasteiger partial charge in [0.25, 0.3) is 0 Å². The monoisotopic (exact) mass is 146 g/mol. The molecule has 0 heterocycles. The van der Waals surface area contributed by atoms with Crippen LogP contribution in [0.15, 0.2) is 24.3 Å². The highest BCUT2D eigenvalue weighted by molar-refractivity contribution is 6.32. The summed E-state index contributed by atoms with van der Waals surface area (Å²) in [7, 11) is 2.13. The van der Waals surface area contributed by atoms with E-state index in [2.05, 4.69) is 52.9 Å². The Bertz CT molecular complexity index is 245.